The van der Waals surface area contributed by atoms with Gasteiger partial charge in [-0.05, 0) is 50.6 Å². The molecule has 0 N–H and O–H groups in total. The molecule has 3 aromatic rings. The first-order chi connectivity index (χ1) is 12.7. The monoisotopic (exact) mass is 422 g/mol. The zero-order chi connectivity index (χ0) is 17.9. The Kier molecular flexibility index (Phi) is 6.50. The Bertz CT molecular complexity index is 836. The molecule has 4 heteroatoms. The molecular formula is C23H24CuN2P+. The molecule has 0 unspecified atom stereocenters. The zero-order valence-electron chi connectivity index (χ0n) is 15.5. The summed E-state index contributed by atoms with van der Waals surface area (Å²) in [5, 5.41) is 4.35. The van der Waals surface area contributed by atoms with E-state index in [0.29, 0.717) is 6.04 Å². The maximum Gasteiger partial charge on any atom is 2.00 e. The smallest absolute Gasteiger partial charge is 0.511 e. The third-order valence-corrected chi connectivity index (χ3v) is 7.75. The van der Waals surface area contributed by atoms with E-state index < -0.39 is 7.92 Å². The molecule has 27 heavy (non-hydrogen) atoms. The molecule has 0 saturated carbocycles. The molecule has 1 heterocycles. The summed E-state index contributed by atoms with van der Waals surface area (Å²) < 4.78 is 0. The van der Waals surface area contributed by atoms with Gasteiger partial charge in [0.05, 0.1) is 10.6 Å². The van der Waals surface area contributed by atoms with Crippen molar-refractivity contribution >= 4 is 23.8 Å². The van der Waals surface area contributed by atoms with Crippen molar-refractivity contribution in [1.29, 1.82) is 0 Å². The van der Waals surface area contributed by atoms with Crippen molar-refractivity contribution in [1.82, 2.24) is 9.80 Å². The first-order valence-corrected chi connectivity index (χ1v) is 10.5. The molecule has 1 atom stereocenters. The Balaban J connectivity index is 0.00000210. The number of nitrogens with zero attached hydrogens (tertiary/aromatic N) is 2. The molecule has 3 aromatic carbocycles. The van der Waals surface area contributed by atoms with Crippen molar-refractivity contribution in [3.8, 4) is 0 Å². The van der Waals surface area contributed by atoms with Crippen LogP contribution < -0.4 is 15.9 Å². The van der Waals surface area contributed by atoms with Gasteiger partial charge in [0.2, 0.25) is 0 Å². The molecule has 0 bridgehead atoms. The van der Waals surface area contributed by atoms with E-state index in [4.69, 9.17) is 0 Å². The maximum atomic E-state index is 2.32. The Hall–Kier alpha value is -1.92. The van der Waals surface area contributed by atoms with Gasteiger partial charge in [0.1, 0.15) is 0 Å². The Morgan fingerprint density at radius 2 is 1.44 bits per heavy atom. The van der Waals surface area contributed by atoms with Crippen LogP contribution >= 0.6 is 7.92 Å². The van der Waals surface area contributed by atoms with Gasteiger partial charge in [0, 0.05) is 19.3 Å². The van der Waals surface area contributed by atoms with Gasteiger partial charge in [-0.25, -0.2) is 12.1 Å². The topological polar surface area (TPSA) is 6.48 Å². The predicted octanol–water partition coefficient (Wildman–Crippen LogP) is 3.79. The number of hydrogen-bond donors (Lipinski definition) is 0. The van der Waals surface area contributed by atoms with Crippen LogP contribution in [0.2, 0.25) is 0 Å². The van der Waals surface area contributed by atoms with E-state index in [-0.39, 0.29) is 17.1 Å². The van der Waals surface area contributed by atoms with Gasteiger partial charge >= 0.3 is 17.1 Å². The standard InChI is InChI=1S/C23H24N2P.Cu/c1-19(25-17-16-24(2)18-25)22-14-9-15-23(22)26(20-10-5-3-6-11-20)21-12-7-4-8-13-21;/h3-19,26H,1-2H3;/q-1;+2/t19-;/m1./s1. The van der Waals surface area contributed by atoms with E-state index >= 15 is 0 Å². The summed E-state index contributed by atoms with van der Waals surface area (Å²) in [6.45, 7) is 4.44. The maximum absolute atomic E-state index is 2.32. The quantitative estimate of drug-likeness (QED) is 0.350. The third-order valence-electron chi connectivity index (χ3n) is 4.93. The Labute approximate surface area is 174 Å². The van der Waals surface area contributed by atoms with Crippen molar-refractivity contribution < 1.29 is 17.1 Å². The van der Waals surface area contributed by atoms with Crippen LogP contribution in [0.15, 0.2) is 91.3 Å². The van der Waals surface area contributed by atoms with Crippen molar-refractivity contribution in [3.05, 3.63) is 103 Å². The van der Waals surface area contributed by atoms with Gasteiger partial charge in [-0.15, -0.1) is 11.6 Å². The van der Waals surface area contributed by atoms with Crippen LogP contribution in [0.3, 0.4) is 0 Å². The van der Waals surface area contributed by atoms with E-state index in [2.05, 4.69) is 122 Å². The van der Waals surface area contributed by atoms with Crippen LogP contribution in [0.1, 0.15) is 18.5 Å². The number of rotatable bonds is 5. The molecule has 1 aliphatic heterocycles. The second-order valence-corrected chi connectivity index (χ2v) is 9.15. The molecule has 1 aliphatic rings. The van der Waals surface area contributed by atoms with Crippen LogP contribution in [0.25, 0.3) is 0 Å². The van der Waals surface area contributed by atoms with Crippen molar-refractivity contribution in [2.24, 2.45) is 0 Å². The summed E-state index contributed by atoms with van der Waals surface area (Å²) in [6, 6.07) is 29.1. The van der Waals surface area contributed by atoms with Crippen LogP contribution in [0.5, 0.6) is 0 Å². The summed E-state index contributed by atoms with van der Waals surface area (Å²) in [5.74, 6) is 0. The van der Waals surface area contributed by atoms with Crippen molar-refractivity contribution in [2.45, 2.75) is 13.0 Å². The molecule has 2 nitrogen and oxygen atoms in total. The summed E-state index contributed by atoms with van der Waals surface area (Å²) in [5.41, 5.74) is 1.42. The molecule has 0 amide bonds. The summed E-state index contributed by atoms with van der Waals surface area (Å²) >= 11 is 0. The molecule has 0 fully saturated rings. The minimum Gasteiger partial charge on any atom is -0.511 e. The molecule has 141 valence electrons. The fraction of sp³-hybridized carbons (Fsp3) is 0.130. The fourth-order valence-corrected chi connectivity index (χ4v) is 6.42. The molecule has 0 aliphatic carbocycles. The number of hydrogen-bond acceptors (Lipinski definition) is 2. The molecule has 4 rings (SSSR count). The van der Waals surface area contributed by atoms with Gasteiger partial charge in [0.15, 0.2) is 0 Å². The molecular weight excluding hydrogens is 399 g/mol. The Morgan fingerprint density at radius 1 is 0.852 bits per heavy atom. The van der Waals surface area contributed by atoms with Crippen LogP contribution in [0, 0.1) is 6.67 Å². The molecule has 0 aromatic heterocycles. The Morgan fingerprint density at radius 3 is 1.96 bits per heavy atom. The van der Waals surface area contributed by atoms with Gasteiger partial charge in [-0.1, -0.05) is 36.4 Å². The molecule has 0 spiro atoms. The van der Waals surface area contributed by atoms with Gasteiger partial charge in [0.25, 0.3) is 0 Å². The summed E-state index contributed by atoms with van der Waals surface area (Å²) in [4.78, 5) is 4.38. The van der Waals surface area contributed by atoms with E-state index in [1.807, 2.05) is 0 Å². The average molecular weight is 423 g/mol. The largest absolute Gasteiger partial charge is 2.00 e. The average Bonchev–Trinajstić information content (AvgIpc) is 3.33. The SMILES string of the molecule is C[C@H](c1ccc[c-]1[PH+](c1ccccc1)c1ccccc1)N1C=CN(C)[CH-]1.[Cu+2]. The second kappa shape index (κ2) is 8.85. The first kappa shape index (κ1) is 19.8. The van der Waals surface area contributed by atoms with E-state index in [0.717, 1.165) is 0 Å². The second-order valence-electron chi connectivity index (χ2n) is 6.70. The van der Waals surface area contributed by atoms with Crippen LogP contribution in [-0.4, -0.2) is 16.8 Å². The van der Waals surface area contributed by atoms with Crippen molar-refractivity contribution in [2.75, 3.05) is 7.05 Å². The van der Waals surface area contributed by atoms with Gasteiger partial charge in [-0.3, -0.25) is 0 Å². The third kappa shape index (κ3) is 4.17. The zero-order valence-corrected chi connectivity index (χ0v) is 17.5. The van der Waals surface area contributed by atoms with Crippen LogP contribution in [-0.2, 0) is 17.1 Å². The first-order valence-electron chi connectivity index (χ1n) is 9.00. The molecule has 1 radical (unpaired) electrons. The number of benzene rings is 2. The fourth-order valence-electron chi connectivity index (χ4n) is 3.57. The minimum absolute atomic E-state index is 0. The normalized spacial score (nSPS) is 14.5. The van der Waals surface area contributed by atoms with E-state index in [9.17, 15) is 0 Å². The molecule has 0 saturated heterocycles. The van der Waals surface area contributed by atoms with Crippen LogP contribution in [0.4, 0.5) is 0 Å². The minimum atomic E-state index is -1.03. The predicted molar refractivity (Wildman–Crippen MR) is 114 cm³/mol. The van der Waals surface area contributed by atoms with E-state index in [1.165, 1.54) is 21.5 Å². The van der Waals surface area contributed by atoms with Gasteiger partial charge < -0.3 is 9.80 Å². The van der Waals surface area contributed by atoms with E-state index in [1.54, 1.807) is 0 Å². The summed E-state index contributed by atoms with van der Waals surface area (Å²) in [7, 11) is 1.04. The van der Waals surface area contributed by atoms with Crippen molar-refractivity contribution in [3.63, 3.8) is 0 Å². The summed E-state index contributed by atoms with van der Waals surface area (Å²) in [6.07, 6.45) is 4.25. The van der Waals surface area contributed by atoms with Gasteiger partial charge in [-0.2, -0.15) is 6.67 Å².